The van der Waals surface area contributed by atoms with E-state index in [2.05, 4.69) is 20.2 Å². The first-order valence-electron chi connectivity index (χ1n) is 7.92. The minimum atomic E-state index is -0.271. The molecule has 3 heterocycles. The number of nitrogens with zero attached hydrogens (tertiary/aromatic N) is 4. The first-order chi connectivity index (χ1) is 11.1. The van der Waals surface area contributed by atoms with E-state index in [1.807, 2.05) is 0 Å². The SMILES string of the molecule is CCOC(=O)N1CCN(c2nc(C)nc3c2CCNC3=O)CC1. The van der Waals surface area contributed by atoms with E-state index in [0.29, 0.717) is 50.8 Å². The maximum atomic E-state index is 12.0. The summed E-state index contributed by atoms with van der Waals surface area (Å²) in [5.74, 6) is 1.28. The maximum absolute atomic E-state index is 12.0. The van der Waals surface area contributed by atoms with Crippen molar-refractivity contribution in [1.82, 2.24) is 20.2 Å². The highest BCUT2D eigenvalue weighted by Gasteiger charge is 2.28. The molecule has 0 saturated carbocycles. The lowest BCUT2D eigenvalue weighted by Crippen LogP contribution is -2.50. The van der Waals surface area contributed by atoms with Crippen LogP contribution in [-0.2, 0) is 11.2 Å². The number of rotatable bonds is 2. The Morgan fingerprint density at radius 3 is 2.70 bits per heavy atom. The molecule has 0 unspecified atom stereocenters. The van der Waals surface area contributed by atoms with Crippen molar-refractivity contribution in [1.29, 1.82) is 0 Å². The third kappa shape index (κ3) is 3.06. The number of fused-ring (bicyclic) bond motifs is 1. The molecule has 2 aliphatic heterocycles. The molecule has 1 aromatic heterocycles. The Bertz CT molecular complexity index is 626. The highest BCUT2D eigenvalue weighted by atomic mass is 16.6. The van der Waals surface area contributed by atoms with Gasteiger partial charge >= 0.3 is 6.09 Å². The van der Waals surface area contributed by atoms with Gasteiger partial charge in [-0.1, -0.05) is 0 Å². The van der Waals surface area contributed by atoms with E-state index in [4.69, 9.17) is 4.74 Å². The van der Waals surface area contributed by atoms with Gasteiger partial charge in [-0.15, -0.1) is 0 Å². The number of hydrogen-bond donors (Lipinski definition) is 1. The third-order valence-corrected chi connectivity index (χ3v) is 4.08. The van der Waals surface area contributed by atoms with Crippen LogP contribution in [0.25, 0.3) is 0 Å². The van der Waals surface area contributed by atoms with E-state index in [1.165, 1.54) is 0 Å². The average molecular weight is 319 g/mol. The zero-order chi connectivity index (χ0) is 16.4. The summed E-state index contributed by atoms with van der Waals surface area (Å²) in [5.41, 5.74) is 1.38. The topological polar surface area (TPSA) is 87.7 Å². The number of aromatic nitrogens is 2. The normalized spacial score (nSPS) is 17.6. The zero-order valence-electron chi connectivity index (χ0n) is 13.5. The number of amides is 2. The van der Waals surface area contributed by atoms with Gasteiger partial charge < -0.3 is 19.9 Å². The zero-order valence-corrected chi connectivity index (χ0v) is 13.5. The summed E-state index contributed by atoms with van der Waals surface area (Å²) in [5, 5.41) is 2.81. The number of nitrogens with one attached hydrogen (secondary N) is 1. The van der Waals surface area contributed by atoms with Crippen LogP contribution in [0.3, 0.4) is 0 Å². The van der Waals surface area contributed by atoms with Crippen molar-refractivity contribution < 1.29 is 14.3 Å². The molecule has 1 fully saturated rings. The second-order valence-corrected chi connectivity index (χ2v) is 5.60. The molecule has 2 aliphatic rings. The fourth-order valence-electron chi connectivity index (χ4n) is 2.96. The Labute approximate surface area is 134 Å². The molecule has 0 aromatic carbocycles. The Morgan fingerprint density at radius 2 is 2.00 bits per heavy atom. The van der Waals surface area contributed by atoms with Crippen molar-refractivity contribution in [3.05, 3.63) is 17.1 Å². The van der Waals surface area contributed by atoms with Gasteiger partial charge in [-0.05, 0) is 20.3 Å². The highest BCUT2D eigenvalue weighted by Crippen LogP contribution is 2.25. The van der Waals surface area contributed by atoms with Crippen LogP contribution in [0.1, 0.15) is 28.8 Å². The molecule has 0 atom stereocenters. The summed E-state index contributed by atoms with van der Waals surface area (Å²) < 4.78 is 5.04. The Morgan fingerprint density at radius 1 is 1.26 bits per heavy atom. The number of aryl methyl sites for hydroxylation is 1. The molecular formula is C15H21N5O3. The van der Waals surface area contributed by atoms with E-state index in [1.54, 1.807) is 18.7 Å². The fraction of sp³-hybridized carbons (Fsp3) is 0.600. The molecule has 1 N–H and O–H groups in total. The van der Waals surface area contributed by atoms with Crippen LogP contribution in [0.15, 0.2) is 0 Å². The van der Waals surface area contributed by atoms with Gasteiger partial charge in [-0.3, -0.25) is 4.79 Å². The van der Waals surface area contributed by atoms with Crippen LogP contribution in [0, 0.1) is 6.92 Å². The van der Waals surface area contributed by atoms with Gasteiger partial charge in [-0.2, -0.15) is 0 Å². The van der Waals surface area contributed by atoms with Crippen LogP contribution in [0.2, 0.25) is 0 Å². The number of carbonyl (C=O) groups is 2. The smallest absolute Gasteiger partial charge is 0.409 e. The minimum absolute atomic E-state index is 0.136. The number of ether oxygens (including phenoxy) is 1. The summed E-state index contributed by atoms with van der Waals surface area (Å²) in [4.78, 5) is 36.4. The van der Waals surface area contributed by atoms with Crippen molar-refractivity contribution in [3.8, 4) is 0 Å². The standard InChI is InChI=1S/C15H21N5O3/c1-3-23-15(22)20-8-6-19(7-9-20)13-11-4-5-16-14(21)12(11)17-10(2)18-13/h3-9H2,1-2H3,(H,16,21). The molecule has 8 heteroatoms. The minimum Gasteiger partial charge on any atom is -0.450 e. The molecule has 0 radical (unpaired) electrons. The average Bonchev–Trinajstić information content (AvgIpc) is 2.55. The number of anilines is 1. The van der Waals surface area contributed by atoms with E-state index in [0.717, 1.165) is 17.8 Å². The summed E-state index contributed by atoms with van der Waals surface area (Å²) in [6.07, 6.45) is 0.460. The molecule has 124 valence electrons. The predicted octanol–water partition coefficient (Wildman–Crippen LogP) is 0.349. The van der Waals surface area contributed by atoms with E-state index >= 15 is 0 Å². The first kappa shape index (κ1) is 15.5. The van der Waals surface area contributed by atoms with Gasteiger partial charge in [-0.25, -0.2) is 14.8 Å². The summed E-state index contributed by atoms with van der Waals surface area (Å²) in [7, 11) is 0. The largest absolute Gasteiger partial charge is 0.450 e. The lowest BCUT2D eigenvalue weighted by Gasteiger charge is -2.36. The Kier molecular flexibility index (Phi) is 4.31. The maximum Gasteiger partial charge on any atom is 0.409 e. The lowest BCUT2D eigenvalue weighted by molar-refractivity contribution is 0.0940. The van der Waals surface area contributed by atoms with Crippen molar-refractivity contribution in [2.24, 2.45) is 0 Å². The third-order valence-electron chi connectivity index (χ3n) is 4.08. The van der Waals surface area contributed by atoms with Gasteiger partial charge in [0.15, 0.2) is 0 Å². The Balaban J connectivity index is 1.79. The highest BCUT2D eigenvalue weighted by molar-refractivity contribution is 5.96. The summed E-state index contributed by atoms with van der Waals surface area (Å²) in [6.45, 7) is 7.09. The monoisotopic (exact) mass is 319 g/mol. The van der Waals surface area contributed by atoms with Crippen LogP contribution < -0.4 is 10.2 Å². The molecular weight excluding hydrogens is 298 g/mol. The summed E-state index contributed by atoms with van der Waals surface area (Å²) in [6, 6.07) is 0. The van der Waals surface area contributed by atoms with Gasteiger partial charge in [0.2, 0.25) is 0 Å². The molecule has 0 spiro atoms. The predicted molar refractivity (Wildman–Crippen MR) is 83.6 cm³/mol. The molecule has 23 heavy (non-hydrogen) atoms. The van der Waals surface area contributed by atoms with Crippen molar-refractivity contribution in [3.63, 3.8) is 0 Å². The number of carbonyl (C=O) groups excluding carboxylic acids is 2. The molecule has 1 saturated heterocycles. The molecule has 2 amide bonds. The summed E-state index contributed by atoms with van der Waals surface area (Å²) >= 11 is 0. The van der Waals surface area contributed by atoms with E-state index in [-0.39, 0.29) is 12.0 Å². The van der Waals surface area contributed by atoms with Gasteiger partial charge in [0.05, 0.1) is 6.61 Å². The second-order valence-electron chi connectivity index (χ2n) is 5.60. The number of hydrogen-bond acceptors (Lipinski definition) is 6. The molecule has 0 aliphatic carbocycles. The Hall–Kier alpha value is -2.38. The van der Waals surface area contributed by atoms with E-state index < -0.39 is 0 Å². The molecule has 1 aromatic rings. The van der Waals surface area contributed by atoms with Gasteiger partial charge in [0.25, 0.3) is 5.91 Å². The van der Waals surface area contributed by atoms with Gasteiger partial charge in [0, 0.05) is 38.3 Å². The lowest BCUT2D eigenvalue weighted by atomic mass is 10.1. The molecule has 0 bridgehead atoms. The van der Waals surface area contributed by atoms with Crippen LogP contribution in [0.4, 0.5) is 10.6 Å². The van der Waals surface area contributed by atoms with Crippen molar-refractivity contribution in [2.45, 2.75) is 20.3 Å². The van der Waals surface area contributed by atoms with Crippen LogP contribution >= 0.6 is 0 Å². The van der Waals surface area contributed by atoms with E-state index in [9.17, 15) is 9.59 Å². The number of piperazine rings is 1. The van der Waals surface area contributed by atoms with Crippen molar-refractivity contribution >= 4 is 17.8 Å². The van der Waals surface area contributed by atoms with Crippen LogP contribution in [0.5, 0.6) is 0 Å². The fourth-order valence-corrected chi connectivity index (χ4v) is 2.96. The quantitative estimate of drug-likeness (QED) is 0.846. The second kappa shape index (κ2) is 6.39. The first-order valence-corrected chi connectivity index (χ1v) is 7.92. The van der Waals surface area contributed by atoms with Crippen LogP contribution in [-0.4, -0.2) is 66.2 Å². The molecule has 3 rings (SSSR count). The molecule has 8 nitrogen and oxygen atoms in total. The van der Waals surface area contributed by atoms with Crippen molar-refractivity contribution in [2.75, 3.05) is 44.2 Å². The van der Waals surface area contributed by atoms with Gasteiger partial charge in [0.1, 0.15) is 17.3 Å².